The SMILES string of the molecule is CO[P+](=O)c1cc(C)c(C)c(C)c1C(=O)c1ccccc1. The van der Waals surface area contributed by atoms with Gasteiger partial charge in [-0.15, -0.1) is 4.52 Å². The molecule has 0 aromatic heterocycles. The van der Waals surface area contributed by atoms with Gasteiger partial charge in [0.05, 0.1) is 12.7 Å². The highest BCUT2D eigenvalue weighted by molar-refractivity contribution is 7.48. The van der Waals surface area contributed by atoms with E-state index in [9.17, 15) is 9.36 Å². The van der Waals surface area contributed by atoms with Crippen LogP contribution < -0.4 is 5.30 Å². The Morgan fingerprint density at radius 2 is 1.67 bits per heavy atom. The van der Waals surface area contributed by atoms with E-state index in [1.807, 2.05) is 39.0 Å². The molecule has 0 saturated carbocycles. The Hall–Kier alpha value is -1.83. The first-order chi connectivity index (χ1) is 9.97. The van der Waals surface area contributed by atoms with Gasteiger partial charge in [0, 0.05) is 5.56 Å². The molecule has 2 rings (SSSR count). The first kappa shape index (κ1) is 15.6. The summed E-state index contributed by atoms with van der Waals surface area (Å²) in [5.74, 6) is -0.119. The monoisotopic (exact) mass is 301 g/mol. The summed E-state index contributed by atoms with van der Waals surface area (Å²) >= 11 is 0. The normalized spacial score (nSPS) is 11.3. The van der Waals surface area contributed by atoms with Gasteiger partial charge in [0.25, 0.3) is 0 Å². The van der Waals surface area contributed by atoms with E-state index in [0.717, 1.165) is 16.7 Å². The fourth-order valence-electron chi connectivity index (χ4n) is 2.32. The first-order valence-electron chi connectivity index (χ1n) is 6.69. The second kappa shape index (κ2) is 6.30. The number of rotatable bonds is 4. The van der Waals surface area contributed by atoms with Crippen LogP contribution in [0.1, 0.15) is 32.6 Å². The van der Waals surface area contributed by atoms with E-state index in [1.54, 1.807) is 18.2 Å². The van der Waals surface area contributed by atoms with Gasteiger partial charge in [-0.05, 0) is 48.1 Å². The predicted octanol–water partition coefficient (Wildman–Crippen LogP) is 3.86. The maximum Gasteiger partial charge on any atom is 0.549 e. The van der Waals surface area contributed by atoms with Crippen LogP contribution >= 0.6 is 8.03 Å². The lowest BCUT2D eigenvalue weighted by atomic mass is 9.93. The van der Waals surface area contributed by atoms with E-state index in [2.05, 4.69) is 0 Å². The number of carbonyl (C=O) groups is 1. The molecule has 4 heteroatoms. The van der Waals surface area contributed by atoms with Crippen molar-refractivity contribution in [2.24, 2.45) is 0 Å². The zero-order chi connectivity index (χ0) is 15.6. The second-order valence-corrected chi connectivity index (χ2v) is 6.33. The molecule has 0 N–H and O–H groups in total. The zero-order valence-corrected chi connectivity index (χ0v) is 13.5. The lowest BCUT2D eigenvalue weighted by Crippen LogP contribution is -2.18. The van der Waals surface area contributed by atoms with Gasteiger partial charge in [0.1, 0.15) is 0 Å². The number of hydrogen-bond donors (Lipinski definition) is 0. The third-order valence-electron chi connectivity index (χ3n) is 3.76. The molecule has 2 aromatic carbocycles. The predicted molar refractivity (Wildman–Crippen MR) is 84.8 cm³/mol. The number of aryl methyl sites for hydroxylation is 1. The van der Waals surface area contributed by atoms with Gasteiger partial charge in [-0.3, -0.25) is 4.79 Å². The molecular formula is C17H18O3P+. The number of carbonyl (C=O) groups excluding carboxylic acids is 1. The molecule has 0 aliphatic heterocycles. The van der Waals surface area contributed by atoms with Crippen LogP contribution in [-0.2, 0) is 9.09 Å². The fourth-order valence-corrected chi connectivity index (χ4v) is 3.27. The van der Waals surface area contributed by atoms with Crippen LogP contribution in [0.3, 0.4) is 0 Å². The van der Waals surface area contributed by atoms with Crippen molar-refractivity contribution in [3.63, 3.8) is 0 Å². The van der Waals surface area contributed by atoms with E-state index in [1.165, 1.54) is 7.11 Å². The van der Waals surface area contributed by atoms with Crippen LogP contribution in [0.5, 0.6) is 0 Å². The standard InChI is InChI=1S/C17H18O3P/c1-11-10-15(21(19)20-4)16(13(3)12(11)2)17(18)14-8-6-5-7-9-14/h5-10H,1-4H3/q+1. The molecular weight excluding hydrogens is 283 g/mol. The summed E-state index contributed by atoms with van der Waals surface area (Å²) in [6, 6.07) is 10.8. The Kier molecular flexibility index (Phi) is 4.66. The van der Waals surface area contributed by atoms with Crippen LogP contribution in [0.4, 0.5) is 0 Å². The highest BCUT2D eigenvalue weighted by Crippen LogP contribution is 2.28. The summed E-state index contributed by atoms with van der Waals surface area (Å²) < 4.78 is 17.1. The average Bonchev–Trinajstić information content (AvgIpc) is 2.51. The van der Waals surface area contributed by atoms with Gasteiger partial charge < -0.3 is 0 Å². The molecule has 0 bridgehead atoms. The van der Waals surface area contributed by atoms with Crippen molar-refractivity contribution in [1.82, 2.24) is 0 Å². The Bertz CT molecular complexity index is 706. The van der Waals surface area contributed by atoms with Gasteiger partial charge in [-0.1, -0.05) is 30.3 Å². The van der Waals surface area contributed by atoms with Gasteiger partial charge in [-0.2, -0.15) is 0 Å². The van der Waals surface area contributed by atoms with E-state index < -0.39 is 8.03 Å². The van der Waals surface area contributed by atoms with Crippen LogP contribution in [0.25, 0.3) is 0 Å². The smallest absolute Gasteiger partial charge is 0.288 e. The van der Waals surface area contributed by atoms with Crippen molar-refractivity contribution >= 4 is 19.1 Å². The number of benzene rings is 2. The molecule has 0 spiro atoms. The largest absolute Gasteiger partial charge is 0.549 e. The van der Waals surface area contributed by atoms with E-state index >= 15 is 0 Å². The fraction of sp³-hybridized carbons (Fsp3) is 0.235. The minimum atomic E-state index is -2.03. The van der Waals surface area contributed by atoms with Gasteiger partial charge in [-0.25, -0.2) is 0 Å². The number of hydrogen-bond acceptors (Lipinski definition) is 3. The Morgan fingerprint density at radius 3 is 2.24 bits per heavy atom. The molecule has 0 aliphatic carbocycles. The molecule has 3 nitrogen and oxygen atoms in total. The van der Waals surface area contributed by atoms with Crippen molar-refractivity contribution in [3.05, 3.63) is 64.2 Å². The van der Waals surface area contributed by atoms with Crippen LogP contribution in [0, 0.1) is 20.8 Å². The second-order valence-electron chi connectivity index (χ2n) is 4.97. The molecule has 1 atom stereocenters. The topological polar surface area (TPSA) is 43.4 Å². The van der Waals surface area contributed by atoms with Crippen molar-refractivity contribution in [2.75, 3.05) is 7.11 Å². The molecule has 1 unspecified atom stereocenters. The van der Waals surface area contributed by atoms with E-state index in [4.69, 9.17) is 4.52 Å². The van der Waals surface area contributed by atoms with Gasteiger partial charge in [0.2, 0.25) is 5.30 Å². The molecule has 108 valence electrons. The Morgan fingerprint density at radius 1 is 1.05 bits per heavy atom. The van der Waals surface area contributed by atoms with Gasteiger partial charge >= 0.3 is 8.03 Å². The van der Waals surface area contributed by atoms with Crippen molar-refractivity contribution in [3.8, 4) is 0 Å². The Labute approximate surface area is 125 Å². The Balaban J connectivity index is 2.69. The minimum absolute atomic E-state index is 0.119. The van der Waals surface area contributed by atoms with E-state index in [-0.39, 0.29) is 5.78 Å². The number of ketones is 1. The molecule has 2 aromatic rings. The molecule has 0 aliphatic rings. The highest BCUT2D eigenvalue weighted by atomic mass is 31.1. The molecule has 0 fully saturated rings. The van der Waals surface area contributed by atoms with Crippen molar-refractivity contribution in [2.45, 2.75) is 20.8 Å². The third kappa shape index (κ3) is 2.94. The summed E-state index contributed by atoms with van der Waals surface area (Å²) in [5, 5.41) is 0.474. The quantitative estimate of drug-likeness (QED) is 0.636. The summed E-state index contributed by atoms with van der Waals surface area (Å²) in [5.41, 5.74) is 3.99. The van der Waals surface area contributed by atoms with E-state index in [0.29, 0.717) is 16.4 Å². The average molecular weight is 301 g/mol. The summed E-state index contributed by atoms with van der Waals surface area (Å²) in [7, 11) is -0.644. The summed E-state index contributed by atoms with van der Waals surface area (Å²) in [6.45, 7) is 5.80. The lowest BCUT2D eigenvalue weighted by Gasteiger charge is -2.11. The first-order valence-corrected chi connectivity index (χ1v) is 7.87. The van der Waals surface area contributed by atoms with Crippen LogP contribution in [0.15, 0.2) is 36.4 Å². The van der Waals surface area contributed by atoms with Crippen LogP contribution in [0.2, 0.25) is 0 Å². The maximum atomic E-state index is 12.8. The maximum absolute atomic E-state index is 12.8. The third-order valence-corrected chi connectivity index (χ3v) is 4.84. The molecule has 21 heavy (non-hydrogen) atoms. The van der Waals surface area contributed by atoms with Crippen molar-refractivity contribution in [1.29, 1.82) is 0 Å². The molecule has 0 saturated heterocycles. The summed E-state index contributed by atoms with van der Waals surface area (Å²) in [6.07, 6.45) is 0. The summed E-state index contributed by atoms with van der Waals surface area (Å²) in [4.78, 5) is 12.8. The molecule has 0 heterocycles. The molecule has 0 amide bonds. The molecule has 0 radical (unpaired) electrons. The van der Waals surface area contributed by atoms with Crippen LogP contribution in [-0.4, -0.2) is 12.9 Å². The zero-order valence-electron chi connectivity index (χ0n) is 12.6. The lowest BCUT2D eigenvalue weighted by molar-refractivity contribution is 0.103. The van der Waals surface area contributed by atoms with Gasteiger partial charge in [0.15, 0.2) is 5.78 Å². The minimum Gasteiger partial charge on any atom is -0.288 e. The highest BCUT2D eigenvalue weighted by Gasteiger charge is 2.31. The van der Waals surface area contributed by atoms with Crippen molar-refractivity contribution < 1.29 is 13.9 Å².